The van der Waals surface area contributed by atoms with Crippen LogP contribution in [0.3, 0.4) is 0 Å². The van der Waals surface area contributed by atoms with Crippen LogP contribution in [0.15, 0.2) is 24.3 Å². The normalized spacial score (nSPS) is 11.3. The van der Waals surface area contributed by atoms with Gasteiger partial charge in [-0.25, -0.2) is 0 Å². The fraction of sp³-hybridized carbons (Fsp3) is 0.438. The largest absolute Gasteiger partial charge is 0.496 e. The Balaban J connectivity index is 2.01. The molecule has 6 heteroatoms. The van der Waals surface area contributed by atoms with Crippen LogP contribution in [0.2, 0.25) is 0 Å². The van der Waals surface area contributed by atoms with Crippen molar-refractivity contribution in [2.75, 3.05) is 12.4 Å². The number of aromatic nitrogens is 2. The maximum Gasteiger partial charge on any atom is 0.226 e. The summed E-state index contributed by atoms with van der Waals surface area (Å²) in [5, 5.41) is 12.4. The number of para-hydroxylation sites is 1. The second kappa shape index (κ2) is 6.87. The van der Waals surface area contributed by atoms with Gasteiger partial charge in [0.2, 0.25) is 11.0 Å². The molecule has 0 aliphatic heterocycles. The minimum Gasteiger partial charge on any atom is -0.496 e. The fourth-order valence-electron chi connectivity index (χ4n) is 2.03. The van der Waals surface area contributed by atoms with E-state index >= 15 is 0 Å². The quantitative estimate of drug-likeness (QED) is 0.916. The second-order valence-electron chi connectivity index (χ2n) is 6.28. The van der Waals surface area contributed by atoms with E-state index in [1.807, 2.05) is 45.0 Å². The molecular formula is C16H21N3O2S. The van der Waals surface area contributed by atoms with Crippen molar-refractivity contribution in [2.24, 2.45) is 5.41 Å². The molecule has 0 unspecified atom stereocenters. The number of hydrogen-bond donors (Lipinski definition) is 1. The molecule has 1 aromatic heterocycles. The summed E-state index contributed by atoms with van der Waals surface area (Å²) < 4.78 is 5.33. The van der Waals surface area contributed by atoms with Crippen LogP contribution in [0.25, 0.3) is 0 Å². The highest BCUT2D eigenvalue weighted by Gasteiger charge is 2.17. The van der Waals surface area contributed by atoms with E-state index in [0.717, 1.165) is 16.3 Å². The molecule has 0 aliphatic carbocycles. The van der Waals surface area contributed by atoms with Crippen LogP contribution >= 0.6 is 11.3 Å². The van der Waals surface area contributed by atoms with Gasteiger partial charge in [-0.05, 0) is 11.5 Å². The number of nitrogens with one attached hydrogen (secondary N) is 1. The Bertz CT molecular complexity index is 647. The summed E-state index contributed by atoms with van der Waals surface area (Å²) >= 11 is 1.39. The Kier molecular flexibility index (Phi) is 5.13. The van der Waals surface area contributed by atoms with Gasteiger partial charge in [0.25, 0.3) is 0 Å². The first-order valence-electron chi connectivity index (χ1n) is 7.11. The van der Waals surface area contributed by atoms with Gasteiger partial charge in [0.15, 0.2) is 0 Å². The first-order chi connectivity index (χ1) is 10.4. The molecule has 1 aromatic carbocycles. The van der Waals surface area contributed by atoms with Gasteiger partial charge >= 0.3 is 0 Å². The molecule has 1 heterocycles. The summed E-state index contributed by atoms with van der Waals surface area (Å²) in [5.41, 5.74) is 1.00. The zero-order chi connectivity index (χ0) is 16.2. The number of benzene rings is 1. The molecule has 0 saturated carbocycles. The summed E-state index contributed by atoms with van der Waals surface area (Å²) in [5.74, 6) is 0.795. The van der Waals surface area contributed by atoms with Gasteiger partial charge in [-0.2, -0.15) is 0 Å². The predicted molar refractivity (Wildman–Crippen MR) is 88.4 cm³/mol. The van der Waals surface area contributed by atoms with Crippen LogP contribution in [0.4, 0.5) is 5.13 Å². The van der Waals surface area contributed by atoms with Crippen molar-refractivity contribution in [3.63, 3.8) is 0 Å². The van der Waals surface area contributed by atoms with E-state index in [-0.39, 0.29) is 11.3 Å². The van der Waals surface area contributed by atoms with E-state index in [1.165, 1.54) is 11.3 Å². The van der Waals surface area contributed by atoms with Crippen molar-refractivity contribution in [2.45, 2.75) is 33.6 Å². The molecule has 0 fully saturated rings. The Morgan fingerprint density at radius 2 is 2.00 bits per heavy atom. The highest BCUT2D eigenvalue weighted by molar-refractivity contribution is 7.15. The van der Waals surface area contributed by atoms with Gasteiger partial charge < -0.3 is 10.1 Å². The first-order valence-corrected chi connectivity index (χ1v) is 7.93. The van der Waals surface area contributed by atoms with E-state index < -0.39 is 0 Å². The van der Waals surface area contributed by atoms with Crippen LogP contribution < -0.4 is 10.1 Å². The number of nitrogens with zero attached hydrogens (tertiary/aromatic N) is 2. The molecule has 0 spiro atoms. The number of amides is 1. The number of rotatable bonds is 5. The SMILES string of the molecule is COc1ccccc1Cc1nnc(NC(=O)CC(C)(C)C)s1. The molecule has 0 radical (unpaired) electrons. The number of methoxy groups -OCH3 is 1. The molecule has 0 aliphatic rings. The van der Waals surface area contributed by atoms with Gasteiger partial charge in [0.1, 0.15) is 10.8 Å². The Morgan fingerprint density at radius 1 is 1.27 bits per heavy atom. The molecular weight excluding hydrogens is 298 g/mol. The van der Waals surface area contributed by atoms with E-state index in [0.29, 0.717) is 18.0 Å². The highest BCUT2D eigenvalue weighted by atomic mass is 32.1. The number of hydrogen-bond acceptors (Lipinski definition) is 5. The number of carbonyl (C=O) groups excluding carboxylic acids is 1. The van der Waals surface area contributed by atoms with E-state index in [9.17, 15) is 4.79 Å². The third-order valence-electron chi connectivity index (χ3n) is 2.94. The van der Waals surface area contributed by atoms with Crippen molar-refractivity contribution in [1.29, 1.82) is 0 Å². The summed E-state index contributed by atoms with van der Waals surface area (Å²) in [6.07, 6.45) is 1.09. The van der Waals surface area contributed by atoms with Crippen LogP contribution in [-0.2, 0) is 11.2 Å². The lowest BCUT2D eigenvalue weighted by molar-refractivity contribution is -0.117. The van der Waals surface area contributed by atoms with E-state index in [4.69, 9.17) is 4.74 Å². The van der Waals surface area contributed by atoms with Crippen LogP contribution in [0, 0.1) is 5.41 Å². The van der Waals surface area contributed by atoms with Crippen LogP contribution in [0.1, 0.15) is 37.8 Å². The highest BCUT2D eigenvalue weighted by Crippen LogP contribution is 2.25. The van der Waals surface area contributed by atoms with Gasteiger partial charge in [-0.3, -0.25) is 4.79 Å². The van der Waals surface area contributed by atoms with E-state index in [1.54, 1.807) is 7.11 Å². The average molecular weight is 319 g/mol. The lowest BCUT2D eigenvalue weighted by Crippen LogP contribution is -2.19. The number of carbonyl (C=O) groups is 1. The molecule has 118 valence electrons. The lowest BCUT2D eigenvalue weighted by atomic mass is 9.92. The molecule has 0 atom stereocenters. The smallest absolute Gasteiger partial charge is 0.226 e. The van der Waals surface area contributed by atoms with Crippen molar-refractivity contribution in [1.82, 2.24) is 10.2 Å². The molecule has 0 bridgehead atoms. The molecule has 22 heavy (non-hydrogen) atoms. The van der Waals surface area contributed by atoms with Crippen molar-refractivity contribution in [3.05, 3.63) is 34.8 Å². The Hall–Kier alpha value is -1.95. The molecule has 1 amide bonds. The zero-order valence-corrected chi connectivity index (χ0v) is 14.2. The van der Waals surface area contributed by atoms with Crippen LogP contribution in [0.5, 0.6) is 5.75 Å². The Morgan fingerprint density at radius 3 is 2.68 bits per heavy atom. The zero-order valence-electron chi connectivity index (χ0n) is 13.3. The minimum atomic E-state index is -0.0466. The standard InChI is InChI=1S/C16H21N3O2S/c1-16(2,3)10-13(20)17-15-19-18-14(22-15)9-11-7-5-6-8-12(11)21-4/h5-8H,9-10H2,1-4H3,(H,17,19,20). The monoisotopic (exact) mass is 319 g/mol. The molecule has 2 aromatic rings. The topological polar surface area (TPSA) is 64.1 Å². The van der Waals surface area contributed by atoms with Crippen LogP contribution in [-0.4, -0.2) is 23.2 Å². The molecule has 2 rings (SSSR count). The average Bonchev–Trinajstić information content (AvgIpc) is 2.84. The van der Waals surface area contributed by atoms with Crippen molar-refractivity contribution >= 4 is 22.4 Å². The van der Waals surface area contributed by atoms with Crippen molar-refractivity contribution < 1.29 is 9.53 Å². The summed E-state index contributed by atoms with van der Waals surface area (Å²) in [4.78, 5) is 11.9. The lowest BCUT2D eigenvalue weighted by Gasteiger charge is -2.16. The van der Waals surface area contributed by atoms with Crippen molar-refractivity contribution in [3.8, 4) is 5.75 Å². The third kappa shape index (κ3) is 4.80. The second-order valence-corrected chi connectivity index (χ2v) is 7.34. The maximum absolute atomic E-state index is 11.9. The molecule has 5 nitrogen and oxygen atoms in total. The van der Waals surface area contributed by atoms with Gasteiger partial charge in [-0.1, -0.05) is 50.3 Å². The van der Waals surface area contributed by atoms with Gasteiger partial charge in [0, 0.05) is 18.4 Å². The van der Waals surface area contributed by atoms with Gasteiger partial charge in [-0.15, -0.1) is 10.2 Å². The third-order valence-corrected chi connectivity index (χ3v) is 3.78. The maximum atomic E-state index is 11.9. The summed E-state index contributed by atoms with van der Waals surface area (Å²) in [7, 11) is 1.65. The fourth-order valence-corrected chi connectivity index (χ4v) is 2.81. The van der Waals surface area contributed by atoms with Gasteiger partial charge in [0.05, 0.1) is 7.11 Å². The van der Waals surface area contributed by atoms with E-state index in [2.05, 4.69) is 15.5 Å². The Labute approximate surface area is 134 Å². The predicted octanol–water partition coefficient (Wildman–Crippen LogP) is 3.51. The summed E-state index contributed by atoms with van der Waals surface area (Å²) in [6, 6.07) is 7.81. The molecule has 0 saturated heterocycles. The number of ether oxygens (including phenoxy) is 1. The minimum absolute atomic E-state index is 0.0347. The summed E-state index contributed by atoms with van der Waals surface area (Å²) in [6.45, 7) is 6.08. The molecule has 1 N–H and O–H groups in total. The number of anilines is 1. The first kappa shape index (κ1) is 16.4.